The maximum absolute atomic E-state index is 13.5. The molecule has 0 saturated carbocycles. The smallest absolute Gasteiger partial charge is 0.199 e. The van der Waals surface area contributed by atoms with Gasteiger partial charge < -0.3 is 24.1 Å². The molecule has 0 aliphatic carbocycles. The summed E-state index contributed by atoms with van der Waals surface area (Å²) in [6.07, 6.45) is 0. The lowest BCUT2D eigenvalue weighted by atomic mass is 10.1. The molecule has 3 heterocycles. The monoisotopic (exact) mass is 401 g/mol. The maximum Gasteiger partial charge on any atom is 0.199 e. The molecule has 0 amide bonds. The lowest BCUT2D eigenvalue weighted by molar-refractivity contribution is 0.311. The van der Waals surface area contributed by atoms with Crippen LogP contribution in [0.3, 0.4) is 0 Å². The molecule has 2 aromatic heterocycles. The van der Waals surface area contributed by atoms with Crippen LogP contribution in [0, 0.1) is 11.3 Å². The molecule has 1 fully saturated rings. The summed E-state index contributed by atoms with van der Waals surface area (Å²) in [4.78, 5) is 21.5. The number of methoxy groups -OCH3 is 1. The second kappa shape index (κ2) is 6.78. The molecule has 0 spiro atoms. The van der Waals surface area contributed by atoms with E-state index in [1.54, 1.807) is 19.2 Å². The van der Waals surface area contributed by atoms with Gasteiger partial charge in [0.2, 0.25) is 0 Å². The van der Waals surface area contributed by atoms with Crippen LogP contribution in [0.2, 0.25) is 0 Å². The van der Waals surface area contributed by atoms with E-state index in [2.05, 4.69) is 34.0 Å². The van der Waals surface area contributed by atoms with Gasteiger partial charge >= 0.3 is 0 Å². The zero-order chi connectivity index (χ0) is 21.0. The number of pyridine rings is 1. The molecule has 7 nitrogen and oxygen atoms in total. The first-order valence-corrected chi connectivity index (χ1v) is 10.0. The number of likely N-dealkylation sites (N-methyl/N-ethyl adjacent to an activating group) is 1. The van der Waals surface area contributed by atoms with Crippen molar-refractivity contribution in [2.45, 2.75) is 0 Å². The number of benzene rings is 2. The Bertz CT molecular complexity index is 1400. The summed E-state index contributed by atoms with van der Waals surface area (Å²) in [6.45, 7) is 3.81. The molecule has 1 aliphatic heterocycles. The fourth-order valence-corrected chi connectivity index (χ4v) is 4.46. The van der Waals surface area contributed by atoms with Crippen LogP contribution in [-0.2, 0) is 7.05 Å². The first-order valence-electron chi connectivity index (χ1n) is 10.0. The molecule has 0 atom stereocenters. The van der Waals surface area contributed by atoms with Crippen molar-refractivity contribution in [1.29, 1.82) is 5.26 Å². The quantitative estimate of drug-likeness (QED) is 0.559. The number of H-pyrrole nitrogens is 1. The van der Waals surface area contributed by atoms with Gasteiger partial charge in [-0.3, -0.25) is 4.79 Å². The summed E-state index contributed by atoms with van der Waals surface area (Å²) in [5, 5.41) is 11.3. The van der Waals surface area contributed by atoms with Gasteiger partial charge in [0.15, 0.2) is 5.43 Å². The van der Waals surface area contributed by atoms with Gasteiger partial charge in [-0.15, -0.1) is 0 Å². The van der Waals surface area contributed by atoms with Crippen LogP contribution in [0.4, 0.5) is 5.69 Å². The molecule has 0 radical (unpaired) electrons. The minimum atomic E-state index is -0.0303. The second-order valence-corrected chi connectivity index (χ2v) is 7.94. The number of nitrogens with zero attached hydrogens (tertiary/aromatic N) is 4. The van der Waals surface area contributed by atoms with Gasteiger partial charge in [0.05, 0.1) is 40.7 Å². The van der Waals surface area contributed by atoms with Crippen molar-refractivity contribution in [3.63, 3.8) is 0 Å². The van der Waals surface area contributed by atoms with Crippen molar-refractivity contribution < 1.29 is 4.74 Å². The standard InChI is InChI=1S/C23H23N5O2/c1-26-6-8-28(9-7-26)19-12-18-16(11-20(19)30-3)22(29)21-15-5-4-14(13-24)10-17(15)25-23(21)27(18)2/h4-5,10-12,25H,6-9H2,1-3H3. The van der Waals surface area contributed by atoms with E-state index in [1.165, 1.54) is 0 Å². The number of anilines is 1. The molecule has 1 saturated heterocycles. The number of ether oxygens (including phenoxy) is 1. The molecule has 30 heavy (non-hydrogen) atoms. The number of hydrogen-bond acceptors (Lipinski definition) is 5. The molecule has 0 bridgehead atoms. The van der Waals surface area contributed by atoms with E-state index in [1.807, 2.05) is 23.7 Å². The third-order valence-electron chi connectivity index (χ3n) is 6.22. The van der Waals surface area contributed by atoms with Gasteiger partial charge in [-0.05, 0) is 31.3 Å². The van der Waals surface area contributed by atoms with Crippen molar-refractivity contribution in [3.05, 3.63) is 46.1 Å². The number of nitriles is 1. The lowest BCUT2D eigenvalue weighted by Gasteiger charge is -2.35. The van der Waals surface area contributed by atoms with Gasteiger partial charge in [-0.2, -0.15) is 5.26 Å². The Morgan fingerprint density at radius 3 is 2.53 bits per heavy atom. The van der Waals surface area contributed by atoms with E-state index in [0.717, 1.165) is 59.7 Å². The first-order chi connectivity index (χ1) is 14.5. The summed E-state index contributed by atoms with van der Waals surface area (Å²) >= 11 is 0. The second-order valence-electron chi connectivity index (χ2n) is 7.94. The predicted octanol–water partition coefficient (Wildman–Crippen LogP) is 2.81. The highest BCUT2D eigenvalue weighted by Gasteiger charge is 2.21. The number of aryl methyl sites for hydroxylation is 1. The molecule has 7 heteroatoms. The third kappa shape index (κ3) is 2.65. The van der Waals surface area contributed by atoms with Crippen LogP contribution >= 0.6 is 0 Å². The highest BCUT2D eigenvalue weighted by atomic mass is 16.5. The Kier molecular flexibility index (Phi) is 4.19. The zero-order valence-corrected chi connectivity index (χ0v) is 17.3. The topological polar surface area (TPSA) is 77.3 Å². The number of nitrogens with one attached hydrogen (secondary N) is 1. The zero-order valence-electron chi connectivity index (χ0n) is 17.3. The molecule has 1 N–H and O–H groups in total. The van der Waals surface area contributed by atoms with E-state index in [-0.39, 0.29) is 5.43 Å². The highest BCUT2D eigenvalue weighted by Crippen LogP contribution is 2.35. The summed E-state index contributed by atoms with van der Waals surface area (Å²) in [7, 11) is 5.74. The van der Waals surface area contributed by atoms with Crippen LogP contribution in [0.5, 0.6) is 5.75 Å². The Balaban J connectivity index is 1.81. The highest BCUT2D eigenvalue weighted by molar-refractivity contribution is 6.10. The fraction of sp³-hybridized carbons (Fsp3) is 0.304. The SMILES string of the molecule is COc1cc2c(=O)c3c4ccc(C#N)cc4[nH]c3n(C)c2cc1N1CCN(C)CC1. The van der Waals surface area contributed by atoms with Crippen LogP contribution in [-0.4, -0.2) is 54.8 Å². The van der Waals surface area contributed by atoms with Crippen LogP contribution in [0.1, 0.15) is 5.56 Å². The van der Waals surface area contributed by atoms with Crippen LogP contribution < -0.4 is 15.1 Å². The lowest BCUT2D eigenvalue weighted by Crippen LogP contribution is -2.44. The van der Waals surface area contributed by atoms with E-state index in [0.29, 0.717) is 16.3 Å². The van der Waals surface area contributed by atoms with Gasteiger partial charge in [-0.1, -0.05) is 6.07 Å². The Morgan fingerprint density at radius 1 is 1.07 bits per heavy atom. The number of aromatic nitrogens is 2. The van der Waals surface area contributed by atoms with E-state index >= 15 is 0 Å². The summed E-state index contributed by atoms with van der Waals surface area (Å²) in [5.41, 5.74) is 3.94. The molecule has 5 rings (SSSR count). The van der Waals surface area contributed by atoms with E-state index < -0.39 is 0 Å². The summed E-state index contributed by atoms with van der Waals surface area (Å²) in [5.74, 6) is 0.718. The number of piperazine rings is 1. The molecule has 152 valence electrons. The van der Waals surface area contributed by atoms with E-state index in [9.17, 15) is 10.1 Å². The average Bonchev–Trinajstić information content (AvgIpc) is 3.16. The third-order valence-corrected chi connectivity index (χ3v) is 6.22. The Hall–Kier alpha value is -3.50. The molecule has 4 aromatic rings. The minimum Gasteiger partial charge on any atom is -0.495 e. The van der Waals surface area contributed by atoms with Crippen molar-refractivity contribution in [2.24, 2.45) is 7.05 Å². The predicted molar refractivity (Wildman–Crippen MR) is 120 cm³/mol. The summed E-state index contributed by atoms with van der Waals surface area (Å²) in [6, 6.07) is 11.5. The van der Waals surface area contributed by atoms with Gasteiger partial charge in [0.1, 0.15) is 11.4 Å². The van der Waals surface area contributed by atoms with Crippen molar-refractivity contribution >= 4 is 38.5 Å². The van der Waals surface area contributed by atoms with Crippen LogP contribution in [0.25, 0.3) is 32.8 Å². The molecular formula is C23H23N5O2. The number of aromatic amines is 1. The first kappa shape index (κ1) is 18.5. The van der Waals surface area contributed by atoms with Crippen LogP contribution in [0.15, 0.2) is 35.1 Å². The molecular weight excluding hydrogens is 378 g/mol. The van der Waals surface area contributed by atoms with Crippen molar-refractivity contribution in [3.8, 4) is 11.8 Å². The average molecular weight is 401 g/mol. The Morgan fingerprint density at radius 2 is 1.83 bits per heavy atom. The van der Waals surface area contributed by atoms with Crippen molar-refractivity contribution in [1.82, 2.24) is 14.5 Å². The van der Waals surface area contributed by atoms with Gasteiger partial charge in [-0.25, -0.2) is 0 Å². The summed E-state index contributed by atoms with van der Waals surface area (Å²) < 4.78 is 7.72. The number of rotatable bonds is 2. The van der Waals surface area contributed by atoms with Crippen molar-refractivity contribution in [2.75, 3.05) is 45.2 Å². The maximum atomic E-state index is 13.5. The minimum absolute atomic E-state index is 0.0303. The largest absolute Gasteiger partial charge is 0.495 e. The fourth-order valence-electron chi connectivity index (χ4n) is 4.46. The number of fused-ring (bicyclic) bond motifs is 4. The number of hydrogen-bond donors (Lipinski definition) is 1. The molecule has 0 unspecified atom stereocenters. The van der Waals surface area contributed by atoms with Gasteiger partial charge in [0, 0.05) is 44.1 Å². The van der Waals surface area contributed by atoms with Gasteiger partial charge in [0.25, 0.3) is 0 Å². The normalized spacial score (nSPS) is 15.2. The Labute approximate surface area is 173 Å². The van der Waals surface area contributed by atoms with E-state index in [4.69, 9.17) is 4.74 Å². The molecule has 2 aromatic carbocycles. The molecule has 1 aliphatic rings.